The van der Waals surface area contributed by atoms with Gasteiger partial charge in [0.2, 0.25) is 5.91 Å². The molecule has 0 saturated carbocycles. The number of methoxy groups -OCH3 is 1. The van der Waals surface area contributed by atoms with Crippen molar-refractivity contribution in [3.05, 3.63) is 0 Å². The molecule has 1 aliphatic rings. The first-order chi connectivity index (χ1) is 14.0. The topological polar surface area (TPSA) is 153 Å². The van der Waals surface area contributed by atoms with Gasteiger partial charge in [-0.05, 0) is 0 Å². The lowest BCUT2D eigenvalue weighted by atomic mass is 9.98. The quantitative estimate of drug-likeness (QED) is 0.397. The first-order valence-electron chi connectivity index (χ1n) is 9.06. The molecule has 0 bridgehead atoms. The second-order valence-electron chi connectivity index (χ2n) is 6.53. The van der Waals surface area contributed by atoms with Crippen molar-refractivity contribution in [1.82, 2.24) is 5.32 Å². The minimum atomic E-state index is -1.41. The average molecular weight is 433 g/mol. The van der Waals surface area contributed by atoms with Crippen LogP contribution < -0.4 is 5.32 Å². The summed E-state index contributed by atoms with van der Waals surface area (Å²) in [4.78, 5) is 58.4. The molecule has 0 radical (unpaired) electrons. The van der Waals surface area contributed by atoms with E-state index in [-0.39, 0.29) is 0 Å². The molecule has 0 aromatic heterocycles. The van der Waals surface area contributed by atoms with Crippen molar-refractivity contribution in [2.45, 2.75) is 71.4 Å². The number of carbonyl (C=O) groups is 5. The molecule has 0 unspecified atom stereocenters. The minimum Gasteiger partial charge on any atom is -0.463 e. The maximum atomic E-state index is 11.8. The SMILES string of the molecule is CO[C@H]1O[C@H](COC(C)=O)[C@@H](OC(C)=O)[C@H](OC(C)=O)[C@@H](OC(C)=O)[C@@H]1NC(C)=O. The zero-order valence-corrected chi connectivity index (χ0v) is 17.7. The Kier molecular flexibility index (Phi) is 9.66. The molecular formula is C18H27NO11. The third-order valence-electron chi connectivity index (χ3n) is 3.93. The predicted octanol–water partition coefficient (Wildman–Crippen LogP) is -0.779. The van der Waals surface area contributed by atoms with E-state index in [2.05, 4.69) is 5.32 Å². The Morgan fingerprint density at radius 1 is 0.767 bits per heavy atom. The van der Waals surface area contributed by atoms with Gasteiger partial charge in [0.05, 0.1) is 0 Å². The highest BCUT2D eigenvalue weighted by molar-refractivity contribution is 5.73. The summed E-state index contributed by atoms with van der Waals surface area (Å²) in [6, 6.07) is -1.15. The Morgan fingerprint density at radius 2 is 1.27 bits per heavy atom. The van der Waals surface area contributed by atoms with Crippen LogP contribution >= 0.6 is 0 Å². The van der Waals surface area contributed by atoms with E-state index in [1.807, 2.05) is 0 Å². The van der Waals surface area contributed by atoms with Gasteiger partial charge < -0.3 is 33.7 Å². The highest BCUT2D eigenvalue weighted by Gasteiger charge is 2.53. The van der Waals surface area contributed by atoms with Crippen LogP contribution in [0, 0.1) is 0 Å². The number of rotatable bonds is 7. The number of hydrogen-bond donors (Lipinski definition) is 1. The number of ether oxygens (including phenoxy) is 6. The zero-order chi connectivity index (χ0) is 23.0. The van der Waals surface area contributed by atoms with Crippen LogP contribution in [0.25, 0.3) is 0 Å². The summed E-state index contributed by atoms with van der Waals surface area (Å²) in [7, 11) is 1.26. The Labute approximate surface area is 173 Å². The summed E-state index contributed by atoms with van der Waals surface area (Å²) in [5, 5.41) is 2.54. The third kappa shape index (κ3) is 7.59. The van der Waals surface area contributed by atoms with E-state index in [9.17, 15) is 24.0 Å². The molecule has 0 aliphatic carbocycles. The van der Waals surface area contributed by atoms with Crippen molar-refractivity contribution in [3.63, 3.8) is 0 Å². The molecule has 12 nitrogen and oxygen atoms in total. The lowest BCUT2D eigenvalue weighted by Crippen LogP contribution is -2.58. The van der Waals surface area contributed by atoms with Gasteiger partial charge in [0, 0.05) is 41.7 Å². The number of amides is 1. The fourth-order valence-corrected chi connectivity index (χ4v) is 3.01. The van der Waals surface area contributed by atoms with Crippen molar-refractivity contribution < 1.29 is 52.4 Å². The number of esters is 4. The molecule has 1 rings (SSSR count). The van der Waals surface area contributed by atoms with Crippen molar-refractivity contribution >= 4 is 29.8 Å². The smallest absolute Gasteiger partial charge is 0.303 e. The largest absolute Gasteiger partial charge is 0.463 e. The van der Waals surface area contributed by atoms with Crippen LogP contribution in [0.2, 0.25) is 0 Å². The first kappa shape index (κ1) is 25.3. The fraction of sp³-hybridized carbons (Fsp3) is 0.722. The molecule has 1 saturated heterocycles. The molecular weight excluding hydrogens is 406 g/mol. The Morgan fingerprint density at radius 3 is 1.70 bits per heavy atom. The van der Waals surface area contributed by atoms with E-state index in [0.29, 0.717) is 0 Å². The summed E-state index contributed by atoms with van der Waals surface area (Å²) in [5.41, 5.74) is 0. The van der Waals surface area contributed by atoms with Gasteiger partial charge in [-0.2, -0.15) is 0 Å². The van der Waals surface area contributed by atoms with Crippen LogP contribution in [0.5, 0.6) is 0 Å². The van der Waals surface area contributed by atoms with E-state index in [1.54, 1.807) is 0 Å². The second-order valence-corrected chi connectivity index (χ2v) is 6.53. The molecule has 6 atom stereocenters. The number of carbonyl (C=O) groups excluding carboxylic acids is 5. The molecule has 1 heterocycles. The van der Waals surface area contributed by atoms with Crippen LogP contribution in [-0.4, -0.2) is 80.2 Å². The Balaban J connectivity index is 3.56. The van der Waals surface area contributed by atoms with Crippen molar-refractivity contribution in [2.24, 2.45) is 0 Å². The molecule has 30 heavy (non-hydrogen) atoms. The minimum absolute atomic E-state index is 0.398. The molecule has 0 spiro atoms. The summed E-state index contributed by atoms with van der Waals surface area (Å²) in [5.74, 6) is -3.47. The molecule has 1 amide bonds. The van der Waals surface area contributed by atoms with Gasteiger partial charge in [0.1, 0.15) is 18.8 Å². The highest BCUT2D eigenvalue weighted by Crippen LogP contribution is 2.29. The van der Waals surface area contributed by atoms with Crippen molar-refractivity contribution in [3.8, 4) is 0 Å². The zero-order valence-electron chi connectivity index (χ0n) is 17.7. The summed E-state index contributed by atoms with van der Waals surface area (Å²) < 4.78 is 32.0. The highest BCUT2D eigenvalue weighted by atomic mass is 16.7. The standard InChI is InChI=1S/C18H27NO11/c1-8(20)19-14-16(28-11(4)23)17(29-12(5)24)15(27-10(3)22)13(7-26-9(2)21)30-18(14)25-6/h13-18H,7H2,1-6H3,(H,19,20)/t13-,14+,15-,16+,17+,18+/m1/s1. The van der Waals surface area contributed by atoms with Gasteiger partial charge in [-0.1, -0.05) is 0 Å². The van der Waals surface area contributed by atoms with E-state index in [4.69, 9.17) is 28.4 Å². The van der Waals surface area contributed by atoms with Gasteiger partial charge >= 0.3 is 23.9 Å². The maximum Gasteiger partial charge on any atom is 0.303 e. The summed E-state index contributed by atoms with van der Waals surface area (Å²) in [6.07, 6.45) is -6.53. The average Bonchev–Trinajstić information content (AvgIpc) is 2.69. The summed E-state index contributed by atoms with van der Waals surface area (Å²) >= 11 is 0. The fourth-order valence-electron chi connectivity index (χ4n) is 3.01. The molecule has 1 fully saturated rings. The van der Waals surface area contributed by atoms with Crippen LogP contribution in [0.1, 0.15) is 34.6 Å². The van der Waals surface area contributed by atoms with Crippen LogP contribution in [0.3, 0.4) is 0 Å². The monoisotopic (exact) mass is 433 g/mol. The van der Waals surface area contributed by atoms with E-state index >= 15 is 0 Å². The first-order valence-corrected chi connectivity index (χ1v) is 9.06. The number of hydrogen-bond acceptors (Lipinski definition) is 11. The van der Waals surface area contributed by atoms with Gasteiger partial charge in [-0.15, -0.1) is 0 Å². The van der Waals surface area contributed by atoms with Crippen LogP contribution in [0.4, 0.5) is 0 Å². The summed E-state index contributed by atoms with van der Waals surface area (Å²) in [6.45, 7) is 5.30. The molecule has 1 N–H and O–H groups in total. The van der Waals surface area contributed by atoms with E-state index in [1.165, 1.54) is 14.0 Å². The second kappa shape index (κ2) is 11.5. The molecule has 170 valence electrons. The molecule has 0 aromatic carbocycles. The normalized spacial score (nSPS) is 28.5. The maximum absolute atomic E-state index is 11.8. The number of nitrogens with one attached hydrogen (secondary N) is 1. The lowest BCUT2D eigenvalue weighted by molar-refractivity contribution is -0.209. The Bertz CT molecular complexity index is 665. The van der Waals surface area contributed by atoms with Crippen LogP contribution in [-0.2, 0) is 52.4 Å². The predicted molar refractivity (Wildman–Crippen MR) is 96.6 cm³/mol. The third-order valence-corrected chi connectivity index (χ3v) is 3.93. The van der Waals surface area contributed by atoms with E-state index < -0.39 is 73.1 Å². The van der Waals surface area contributed by atoms with Crippen molar-refractivity contribution in [1.29, 1.82) is 0 Å². The van der Waals surface area contributed by atoms with Gasteiger partial charge in [-0.3, -0.25) is 24.0 Å². The van der Waals surface area contributed by atoms with Gasteiger partial charge in [-0.25, -0.2) is 0 Å². The van der Waals surface area contributed by atoms with Gasteiger partial charge in [0.15, 0.2) is 24.6 Å². The molecule has 1 aliphatic heterocycles. The van der Waals surface area contributed by atoms with Crippen LogP contribution in [0.15, 0.2) is 0 Å². The molecule has 12 heteroatoms. The van der Waals surface area contributed by atoms with Crippen molar-refractivity contribution in [2.75, 3.05) is 13.7 Å². The van der Waals surface area contributed by atoms with Gasteiger partial charge in [0.25, 0.3) is 0 Å². The Hall–Kier alpha value is -2.73. The lowest BCUT2D eigenvalue weighted by Gasteiger charge is -2.34. The molecule has 0 aromatic rings. The van der Waals surface area contributed by atoms with E-state index in [0.717, 1.165) is 27.7 Å².